The van der Waals surface area contributed by atoms with Crippen molar-refractivity contribution in [2.75, 3.05) is 6.61 Å². The number of alkyl halides is 1. The number of aliphatic hydroxyl groups excluding tert-OH is 1. The van der Waals surface area contributed by atoms with Crippen LogP contribution in [-0.4, -0.2) is 23.7 Å². The molecule has 0 amide bonds. The molecule has 0 bridgehead atoms. The van der Waals surface area contributed by atoms with Crippen molar-refractivity contribution in [3.8, 4) is 0 Å². The van der Waals surface area contributed by atoms with Crippen molar-refractivity contribution in [3.63, 3.8) is 0 Å². The first kappa shape index (κ1) is 21.5. The molecule has 5 heteroatoms. The Labute approximate surface area is 205 Å². The molecule has 0 radical (unpaired) electrons. The Morgan fingerprint density at radius 3 is 1.91 bits per heavy atom. The highest BCUT2D eigenvalue weighted by molar-refractivity contribution is 9.09. The van der Waals surface area contributed by atoms with Crippen LogP contribution in [0.3, 0.4) is 0 Å². The van der Waals surface area contributed by atoms with Gasteiger partial charge in [0.15, 0.2) is 0 Å². The molecule has 0 saturated carbocycles. The van der Waals surface area contributed by atoms with Crippen LogP contribution in [-0.2, 0) is 9.06 Å². The molecule has 170 valence electrons. The van der Waals surface area contributed by atoms with Gasteiger partial charge >= 0.3 is 11.9 Å². The highest BCUT2D eigenvalue weighted by Gasteiger charge is 2.34. The molecule has 1 aliphatic carbocycles. The van der Waals surface area contributed by atoms with Crippen LogP contribution >= 0.6 is 15.9 Å². The van der Waals surface area contributed by atoms with E-state index in [9.17, 15) is 14.7 Å². The van der Waals surface area contributed by atoms with Gasteiger partial charge in [0.1, 0.15) is 0 Å². The lowest BCUT2D eigenvalue weighted by molar-refractivity contribution is 0.0391. The predicted octanol–water partition coefficient (Wildman–Crippen LogP) is 6.52. The summed E-state index contributed by atoms with van der Waals surface area (Å²) in [6.07, 6.45) is 0. The maximum Gasteiger partial charge on any atom is 0.346 e. The maximum atomic E-state index is 12.6. The lowest BCUT2D eigenvalue weighted by Crippen LogP contribution is -2.22. The maximum absolute atomic E-state index is 12.6. The number of hydrogen-bond donors (Lipinski definition) is 1. The van der Waals surface area contributed by atoms with E-state index >= 15 is 0 Å². The van der Waals surface area contributed by atoms with Crippen LogP contribution in [0.25, 0.3) is 21.5 Å². The third-order valence-corrected chi connectivity index (χ3v) is 8.36. The highest BCUT2D eigenvalue weighted by atomic mass is 79.9. The number of benzene rings is 4. The third-order valence-electron chi connectivity index (χ3n) is 7.68. The van der Waals surface area contributed by atoms with Crippen LogP contribution in [0.2, 0.25) is 0 Å². The average Bonchev–Trinajstić information content (AvgIpc) is 2.84. The molecule has 1 aliphatic heterocycles. The molecular weight excluding hydrogens is 492 g/mol. The lowest BCUT2D eigenvalue weighted by atomic mass is 9.74. The molecule has 0 saturated heterocycles. The normalized spacial score (nSPS) is 20.6. The van der Waals surface area contributed by atoms with Gasteiger partial charge in [0.25, 0.3) is 0 Å². The molecule has 34 heavy (non-hydrogen) atoms. The minimum absolute atomic E-state index is 0.0192. The average molecular weight is 515 g/mol. The number of esters is 2. The standard InChI is InChI=1S/C29H23BrO4/c1-14-16-5-4-6-20-23(29(3,30)13-31)12-11-17(24(16)20)15(2)19-8-10-22-26-21(27(32)34-28(22)33)9-7-18(14)25(19)26/h4-12,14-15,31H,13H2,1-3H3. The monoisotopic (exact) mass is 514 g/mol. The fourth-order valence-electron chi connectivity index (χ4n) is 5.86. The van der Waals surface area contributed by atoms with Crippen molar-refractivity contribution in [1.29, 1.82) is 0 Å². The zero-order valence-corrected chi connectivity index (χ0v) is 20.7. The summed E-state index contributed by atoms with van der Waals surface area (Å²) in [4.78, 5) is 25.1. The van der Waals surface area contributed by atoms with E-state index in [0.717, 1.165) is 27.5 Å². The molecule has 0 fully saturated rings. The smallest absolute Gasteiger partial charge is 0.346 e. The number of aliphatic hydroxyl groups is 1. The van der Waals surface area contributed by atoms with E-state index in [2.05, 4.69) is 60.1 Å². The number of halogens is 1. The summed E-state index contributed by atoms with van der Waals surface area (Å²) in [6, 6.07) is 18.2. The Morgan fingerprint density at radius 1 is 0.794 bits per heavy atom. The lowest BCUT2D eigenvalue weighted by Gasteiger charge is -2.31. The van der Waals surface area contributed by atoms with Crippen molar-refractivity contribution >= 4 is 49.4 Å². The molecule has 4 nitrogen and oxygen atoms in total. The molecule has 6 rings (SSSR count). The van der Waals surface area contributed by atoms with Crippen LogP contribution in [0.5, 0.6) is 0 Å². The zero-order chi connectivity index (χ0) is 23.9. The molecular formula is C29H23BrO4. The number of carbonyl (C=O) groups is 2. The second-order valence-corrected chi connectivity index (χ2v) is 11.4. The first-order valence-corrected chi connectivity index (χ1v) is 12.3. The summed E-state index contributed by atoms with van der Waals surface area (Å²) in [5.41, 5.74) is 6.52. The molecule has 0 spiro atoms. The molecule has 0 aromatic heterocycles. The molecule has 4 aromatic rings. The van der Waals surface area contributed by atoms with Gasteiger partial charge in [-0.05, 0) is 63.0 Å². The van der Waals surface area contributed by atoms with Crippen LogP contribution in [0.4, 0.5) is 0 Å². The van der Waals surface area contributed by atoms with Crippen molar-refractivity contribution in [3.05, 3.63) is 93.5 Å². The van der Waals surface area contributed by atoms with E-state index in [4.69, 9.17) is 4.74 Å². The van der Waals surface area contributed by atoms with Gasteiger partial charge in [-0.3, -0.25) is 0 Å². The van der Waals surface area contributed by atoms with Gasteiger partial charge in [0, 0.05) is 17.2 Å². The molecule has 3 atom stereocenters. The van der Waals surface area contributed by atoms with Crippen LogP contribution < -0.4 is 0 Å². The Bertz CT molecular complexity index is 1500. The van der Waals surface area contributed by atoms with E-state index in [0.29, 0.717) is 16.5 Å². The Morgan fingerprint density at radius 2 is 1.32 bits per heavy atom. The first-order chi connectivity index (χ1) is 16.2. The van der Waals surface area contributed by atoms with Gasteiger partial charge in [-0.1, -0.05) is 72.2 Å². The summed E-state index contributed by atoms with van der Waals surface area (Å²) < 4.78 is 4.44. The van der Waals surface area contributed by atoms with Crippen LogP contribution in [0.15, 0.2) is 54.6 Å². The Balaban J connectivity index is 1.76. The predicted molar refractivity (Wildman–Crippen MR) is 136 cm³/mol. The van der Waals surface area contributed by atoms with Crippen LogP contribution in [0, 0.1) is 0 Å². The highest BCUT2D eigenvalue weighted by Crippen LogP contribution is 2.48. The van der Waals surface area contributed by atoms with E-state index in [1.165, 1.54) is 16.5 Å². The van der Waals surface area contributed by atoms with Gasteiger partial charge in [-0.15, -0.1) is 0 Å². The second kappa shape index (κ2) is 7.24. The van der Waals surface area contributed by atoms with Crippen molar-refractivity contribution < 1.29 is 19.4 Å². The summed E-state index contributed by atoms with van der Waals surface area (Å²) in [5, 5.41) is 14.1. The van der Waals surface area contributed by atoms with Crippen molar-refractivity contribution in [1.82, 2.24) is 0 Å². The number of carbonyl (C=O) groups excluding carboxylic acids is 2. The van der Waals surface area contributed by atoms with Gasteiger partial charge in [0.2, 0.25) is 0 Å². The van der Waals surface area contributed by atoms with Crippen molar-refractivity contribution in [2.24, 2.45) is 0 Å². The van der Waals surface area contributed by atoms with Gasteiger partial charge in [-0.2, -0.15) is 0 Å². The van der Waals surface area contributed by atoms with Gasteiger partial charge in [0.05, 0.1) is 22.1 Å². The topological polar surface area (TPSA) is 63.6 Å². The zero-order valence-electron chi connectivity index (χ0n) is 19.1. The summed E-state index contributed by atoms with van der Waals surface area (Å²) in [6.45, 7) is 6.32. The summed E-state index contributed by atoms with van der Waals surface area (Å²) >= 11 is 3.73. The minimum Gasteiger partial charge on any atom is -0.395 e. The number of hydrogen-bond acceptors (Lipinski definition) is 4. The molecule has 1 heterocycles. The van der Waals surface area contributed by atoms with Gasteiger partial charge < -0.3 is 9.84 Å². The largest absolute Gasteiger partial charge is 0.395 e. The molecule has 2 aliphatic rings. The van der Waals surface area contributed by atoms with E-state index in [1.54, 1.807) is 12.1 Å². The number of rotatable bonds is 2. The van der Waals surface area contributed by atoms with Crippen molar-refractivity contribution in [2.45, 2.75) is 36.9 Å². The summed E-state index contributed by atoms with van der Waals surface area (Å²) in [7, 11) is 0. The second-order valence-electron chi connectivity index (χ2n) is 9.60. The Kier molecular flexibility index (Phi) is 4.58. The minimum atomic E-state index is -0.587. The van der Waals surface area contributed by atoms with Crippen LogP contribution in [0.1, 0.15) is 81.1 Å². The summed E-state index contributed by atoms with van der Waals surface area (Å²) in [5.74, 6) is -1.12. The molecule has 3 unspecified atom stereocenters. The van der Waals surface area contributed by atoms with E-state index in [-0.39, 0.29) is 18.4 Å². The quantitative estimate of drug-likeness (QED) is 0.188. The fraction of sp³-hybridized carbons (Fsp3) is 0.241. The number of cyclic esters (lactones) is 2. The SMILES string of the molecule is CC1c2cccc3c(C(C)(Br)CO)ccc(c23)C(C)c2ccc3c4c(ccc1c24)C(=O)OC3=O. The third kappa shape index (κ3) is 2.74. The van der Waals surface area contributed by atoms with E-state index < -0.39 is 16.3 Å². The van der Waals surface area contributed by atoms with E-state index in [1.807, 2.05) is 19.1 Å². The van der Waals surface area contributed by atoms with Gasteiger partial charge in [-0.25, -0.2) is 9.59 Å². The number of ether oxygens (including phenoxy) is 1. The first-order valence-electron chi connectivity index (χ1n) is 11.5. The molecule has 1 N–H and O–H groups in total. The fourth-order valence-corrected chi connectivity index (χ4v) is 6.21. The Hall–Kier alpha value is -3.02. The molecule has 4 aromatic carbocycles.